The molecular formula is C39H51NO. The summed E-state index contributed by atoms with van der Waals surface area (Å²) in [5.41, 5.74) is 10.9. The molecule has 1 N–H and O–H groups in total. The maximum atomic E-state index is 11.7. The number of hydrogen-bond donors (Lipinski definition) is 1. The zero-order valence-electron chi connectivity index (χ0n) is 26.0. The molecule has 0 spiro atoms. The second-order valence-electron chi connectivity index (χ2n) is 12.5. The molecule has 0 aromatic heterocycles. The van der Waals surface area contributed by atoms with Crippen LogP contribution in [-0.4, -0.2) is 18.9 Å². The second-order valence-corrected chi connectivity index (χ2v) is 12.5. The first kappa shape index (κ1) is 31.0. The zero-order chi connectivity index (χ0) is 29.0. The van der Waals surface area contributed by atoms with Gasteiger partial charge in [0.2, 0.25) is 0 Å². The van der Waals surface area contributed by atoms with Crippen LogP contribution in [0.1, 0.15) is 106 Å². The van der Waals surface area contributed by atoms with Crippen molar-refractivity contribution in [2.45, 2.75) is 91.9 Å². The minimum absolute atomic E-state index is 0.129. The van der Waals surface area contributed by atoms with Crippen molar-refractivity contribution >= 4 is 11.4 Å². The van der Waals surface area contributed by atoms with Crippen LogP contribution in [0, 0.1) is 11.8 Å². The summed E-state index contributed by atoms with van der Waals surface area (Å²) in [7, 11) is 0. The van der Waals surface area contributed by atoms with Gasteiger partial charge in [0.05, 0.1) is 0 Å². The number of rotatable bonds is 13. The minimum Gasteiger partial charge on any atom is -0.316 e. The molecule has 2 aromatic rings. The van der Waals surface area contributed by atoms with Crippen molar-refractivity contribution in [3.63, 3.8) is 0 Å². The van der Waals surface area contributed by atoms with Crippen molar-refractivity contribution in [3.8, 4) is 0 Å². The molecule has 2 heteroatoms. The molecule has 0 bridgehead atoms. The van der Waals surface area contributed by atoms with Gasteiger partial charge in [-0.2, -0.15) is 0 Å². The number of carbonyl (C=O) groups is 1. The highest BCUT2D eigenvalue weighted by Crippen LogP contribution is 2.36. The van der Waals surface area contributed by atoms with E-state index < -0.39 is 0 Å². The number of benzene rings is 2. The van der Waals surface area contributed by atoms with E-state index in [1.165, 1.54) is 83.9 Å². The number of Topliss-reactive ketones (excluding diaryl/α,β-unsaturated/α-hetero) is 1. The molecule has 0 amide bonds. The molecule has 0 aliphatic heterocycles. The third-order valence-electron chi connectivity index (χ3n) is 9.19. The van der Waals surface area contributed by atoms with Crippen LogP contribution in [0.4, 0.5) is 0 Å². The van der Waals surface area contributed by atoms with Crippen molar-refractivity contribution in [2.24, 2.45) is 11.8 Å². The molecule has 218 valence electrons. The second kappa shape index (κ2) is 15.9. The SMILES string of the molecule is CCC(CCCNCCC1=CC=C(C)CC=C1)CC1CC/C(C)=C(/Cc2ccc(C(C)=O)cc2)c2ccccc2C1. The molecule has 2 nitrogen and oxygen atoms in total. The third kappa shape index (κ3) is 9.54. The van der Waals surface area contributed by atoms with Crippen LogP contribution in [-0.2, 0) is 12.8 Å². The van der Waals surface area contributed by atoms with Crippen LogP contribution in [0.5, 0.6) is 0 Å². The van der Waals surface area contributed by atoms with Gasteiger partial charge in [-0.3, -0.25) is 4.79 Å². The Morgan fingerprint density at radius 3 is 2.61 bits per heavy atom. The molecule has 0 heterocycles. The summed E-state index contributed by atoms with van der Waals surface area (Å²) in [6, 6.07) is 17.3. The summed E-state index contributed by atoms with van der Waals surface area (Å²) in [5, 5.41) is 3.70. The lowest BCUT2D eigenvalue weighted by Gasteiger charge is -2.28. The summed E-state index contributed by atoms with van der Waals surface area (Å²) in [4.78, 5) is 11.7. The number of hydrogen-bond acceptors (Lipinski definition) is 2. The number of allylic oxidation sites excluding steroid dienone is 7. The Labute approximate surface area is 249 Å². The Kier molecular flexibility index (Phi) is 12.0. The van der Waals surface area contributed by atoms with Crippen molar-refractivity contribution in [1.29, 1.82) is 0 Å². The van der Waals surface area contributed by atoms with Crippen LogP contribution in [0.25, 0.3) is 5.57 Å². The minimum atomic E-state index is 0.129. The lowest BCUT2D eigenvalue weighted by Crippen LogP contribution is -2.19. The Morgan fingerprint density at radius 1 is 1.02 bits per heavy atom. The van der Waals surface area contributed by atoms with E-state index in [4.69, 9.17) is 0 Å². The molecule has 2 unspecified atom stereocenters. The monoisotopic (exact) mass is 549 g/mol. The predicted octanol–water partition coefficient (Wildman–Crippen LogP) is 9.87. The number of ketones is 1. The molecule has 41 heavy (non-hydrogen) atoms. The maximum absolute atomic E-state index is 11.7. The van der Waals surface area contributed by atoms with Crippen LogP contribution in [0.3, 0.4) is 0 Å². The average molecular weight is 550 g/mol. The highest BCUT2D eigenvalue weighted by atomic mass is 16.1. The zero-order valence-corrected chi connectivity index (χ0v) is 26.0. The summed E-state index contributed by atoms with van der Waals surface area (Å²) in [6.07, 6.45) is 21.1. The molecule has 4 rings (SSSR count). The number of fused-ring (bicyclic) bond motifs is 1. The first-order chi connectivity index (χ1) is 19.9. The quantitative estimate of drug-likeness (QED) is 0.199. The van der Waals surface area contributed by atoms with E-state index in [1.54, 1.807) is 6.92 Å². The van der Waals surface area contributed by atoms with Gasteiger partial charge in [0.15, 0.2) is 5.78 Å². The van der Waals surface area contributed by atoms with Gasteiger partial charge in [0.25, 0.3) is 0 Å². The standard InChI is InChI=1S/C39H51NO/c1-5-32(12-9-24-40-25-23-33-11-8-10-29(2)15-17-33)26-35-18-16-30(3)39(38-14-7-6-13-37(38)27-35)28-34-19-21-36(22-20-34)31(4)41/h6-8,11,13-15,17,19-22,32,35,40H,5,9-10,12,16,18,23-28H2,1-4H3/b39-30-. The molecule has 2 atom stereocenters. The van der Waals surface area contributed by atoms with Gasteiger partial charge in [-0.05, 0) is 131 Å². The Hall–Kier alpha value is -2.97. The van der Waals surface area contributed by atoms with E-state index in [1.807, 2.05) is 12.1 Å². The van der Waals surface area contributed by atoms with Gasteiger partial charge in [0.1, 0.15) is 0 Å². The van der Waals surface area contributed by atoms with Gasteiger partial charge in [-0.1, -0.05) is 97.3 Å². The van der Waals surface area contributed by atoms with Gasteiger partial charge in [-0.15, -0.1) is 0 Å². The van der Waals surface area contributed by atoms with Crippen molar-refractivity contribution in [3.05, 3.63) is 112 Å². The normalized spacial score (nSPS) is 19.9. The molecule has 0 fully saturated rings. The Bertz CT molecular complexity index is 1270. The highest BCUT2D eigenvalue weighted by Gasteiger charge is 2.22. The van der Waals surface area contributed by atoms with Crippen molar-refractivity contribution < 1.29 is 4.79 Å². The molecule has 2 aliphatic rings. The topological polar surface area (TPSA) is 29.1 Å². The van der Waals surface area contributed by atoms with E-state index >= 15 is 0 Å². The molecule has 0 saturated carbocycles. The Morgan fingerprint density at radius 2 is 1.83 bits per heavy atom. The largest absolute Gasteiger partial charge is 0.316 e. The summed E-state index contributed by atoms with van der Waals surface area (Å²) in [5.74, 6) is 1.67. The fourth-order valence-electron chi connectivity index (χ4n) is 6.49. The first-order valence-electron chi connectivity index (χ1n) is 16.0. The van der Waals surface area contributed by atoms with E-state index in [2.05, 4.69) is 86.8 Å². The van der Waals surface area contributed by atoms with Gasteiger partial charge in [0, 0.05) is 5.56 Å². The smallest absolute Gasteiger partial charge is 0.159 e. The average Bonchev–Trinajstić information content (AvgIpc) is 3.19. The lowest BCUT2D eigenvalue weighted by atomic mass is 9.77. The molecular weight excluding hydrogens is 498 g/mol. The maximum Gasteiger partial charge on any atom is 0.159 e. The fraction of sp³-hybridized carbons (Fsp3) is 0.462. The number of carbonyl (C=O) groups excluding carboxylic acids is 1. The molecule has 2 aromatic carbocycles. The van der Waals surface area contributed by atoms with Gasteiger partial charge < -0.3 is 5.32 Å². The van der Waals surface area contributed by atoms with Crippen LogP contribution >= 0.6 is 0 Å². The van der Waals surface area contributed by atoms with Crippen molar-refractivity contribution in [2.75, 3.05) is 13.1 Å². The summed E-state index contributed by atoms with van der Waals surface area (Å²) < 4.78 is 0. The Balaban J connectivity index is 1.30. The first-order valence-corrected chi connectivity index (χ1v) is 16.0. The summed E-state index contributed by atoms with van der Waals surface area (Å²) in [6.45, 7) is 10.8. The van der Waals surface area contributed by atoms with E-state index in [0.717, 1.165) is 49.8 Å². The third-order valence-corrected chi connectivity index (χ3v) is 9.19. The fourth-order valence-corrected chi connectivity index (χ4v) is 6.49. The highest BCUT2D eigenvalue weighted by molar-refractivity contribution is 5.94. The van der Waals surface area contributed by atoms with Crippen LogP contribution in [0.2, 0.25) is 0 Å². The van der Waals surface area contributed by atoms with Crippen LogP contribution < -0.4 is 5.32 Å². The van der Waals surface area contributed by atoms with E-state index in [9.17, 15) is 4.79 Å². The van der Waals surface area contributed by atoms with E-state index in [0.29, 0.717) is 0 Å². The number of nitrogens with one attached hydrogen (secondary N) is 1. The molecule has 0 radical (unpaired) electrons. The van der Waals surface area contributed by atoms with Gasteiger partial charge >= 0.3 is 0 Å². The summed E-state index contributed by atoms with van der Waals surface area (Å²) >= 11 is 0. The molecule has 0 saturated heterocycles. The van der Waals surface area contributed by atoms with Crippen molar-refractivity contribution in [1.82, 2.24) is 5.32 Å². The van der Waals surface area contributed by atoms with E-state index in [-0.39, 0.29) is 5.78 Å². The predicted molar refractivity (Wildman–Crippen MR) is 176 cm³/mol. The lowest BCUT2D eigenvalue weighted by molar-refractivity contribution is 0.101. The van der Waals surface area contributed by atoms with Crippen LogP contribution in [0.15, 0.2) is 89.6 Å². The van der Waals surface area contributed by atoms with Gasteiger partial charge in [-0.25, -0.2) is 0 Å². The molecule has 2 aliphatic carbocycles.